The van der Waals surface area contributed by atoms with Gasteiger partial charge >= 0.3 is 0 Å². The number of hydrogen-bond donors (Lipinski definition) is 1. The van der Waals surface area contributed by atoms with Crippen molar-refractivity contribution >= 4 is 17.4 Å². The topological polar surface area (TPSA) is 59.3 Å². The van der Waals surface area contributed by atoms with Crippen LogP contribution in [0, 0.1) is 6.92 Å². The number of fused-ring (bicyclic) bond motifs is 1. The third-order valence-corrected chi connectivity index (χ3v) is 1.77. The second-order valence-corrected chi connectivity index (χ2v) is 3.10. The Morgan fingerprint density at radius 2 is 2.29 bits per heavy atom. The van der Waals surface area contributed by atoms with Gasteiger partial charge in [0.25, 0.3) is 0 Å². The van der Waals surface area contributed by atoms with Crippen molar-refractivity contribution in [1.82, 2.24) is 14.4 Å². The molecule has 5 nitrogen and oxygen atoms in total. The normalized spacial score (nSPS) is 10.4. The first-order chi connectivity index (χ1) is 6.65. The Morgan fingerprint density at radius 1 is 1.50 bits per heavy atom. The molecule has 0 atom stereocenters. The van der Waals surface area contributed by atoms with Crippen LogP contribution >= 0.6 is 0 Å². The monoisotopic (exact) mass is 190 g/mol. The third-order valence-electron chi connectivity index (χ3n) is 1.77. The standard InChI is InChI=1S/C9H10N4O/c1-6-4-13-5-8(11-7(2)14)12-9(13)3-10-6/h3-5H,1-2H3,(H,11,14). The van der Waals surface area contributed by atoms with E-state index in [1.165, 1.54) is 6.92 Å². The third kappa shape index (κ3) is 1.56. The van der Waals surface area contributed by atoms with Gasteiger partial charge in [0.1, 0.15) is 0 Å². The molecular weight excluding hydrogens is 180 g/mol. The first-order valence-electron chi connectivity index (χ1n) is 4.24. The summed E-state index contributed by atoms with van der Waals surface area (Å²) < 4.78 is 1.83. The van der Waals surface area contributed by atoms with Crippen LogP contribution in [0.1, 0.15) is 12.6 Å². The molecule has 2 aromatic heterocycles. The second-order valence-electron chi connectivity index (χ2n) is 3.10. The van der Waals surface area contributed by atoms with Gasteiger partial charge in [-0.25, -0.2) is 4.98 Å². The zero-order valence-corrected chi connectivity index (χ0v) is 7.98. The first kappa shape index (κ1) is 8.68. The Kier molecular flexibility index (Phi) is 1.92. The number of imidazole rings is 1. The number of aryl methyl sites for hydroxylation is 1. The molecule has 0 saturated carbocycles. The van der Waals surface area contributed by atoms with Gasteiger partial charge < -0.3 is 9.72 Å². The number of nitrogens with zero attached hydrogens (tertiary/aromatic N) is 3. The molecule has 0 aliphatic carbocycles. The number of anilines is 1. The van der Waals surface area contributed by atoms with E-state index >= 15 is 0 Å². The highest BCUT2D eigenvalue weighted by atomic mass is 16.1. The molecule has 0 fully saturated rings. The van der Waals surface area contributed by atoms with E-state index in [2.05, 4.69) is 15.3 Å². The maximum absolute atomic E-state index is 10.8. The van der Waals surface area contributed by atoms with Crippen molar-refractivity contribution in [3.63, 3.8) is 0 Å². The van der Waals surface area contributed by atoms with Crippen molar-refractivity contribution < 1.29 is 4.79 Å². The fraction of sp³-hybridized carbons (Fsp3) is 0.222. The minimum atomic E-state index is -0.127. The van der Waals surface area contributed by atoms with Gasteiger partial charge in [-0.3, -0.25) is 9.78 Å². The minimum Gasteiger partial charge on any atom is -0.310 e. The highest BCUT2D eigenvalue weighted by Crippen LogP contribution is 2.08. The van der Waals surface area contributed by atoms with Gasteiger partial charge in [-0.15, -0.1) is 0 Å². The molecule has 0 bridgehead atoms. The molecule has 14 heavy (non-hydrogen) atoms. The Balaban J connectivity index is 2.46. The largest absolute Gasteiger partial charge is 0.310 e. The predicted molar refractivity (Wildman–Crippen MR) is 52.0 cm³/mol. The van der Waals surface area contributed by atoms with Gasteiger partial charge in [0.05, 0.1) is 18.1 Å². The molecule has 1 amide bonds. The van der Waals surface area contributed by atoms with E-state index in [4.69, 9.17) is 0 Å². The van der Waals surface area contributed by atoms with Crippen LogP contribution in [0.25, 0.3) is 5.65 Å². The van der Waals surface area contributed by atoms with Crippen LogP contribution in [0.2, 0.25) is 0 Å². The minimum absolute atomic E-state index is 0.127. The molecule has 2 heterocycles. The van der Waals surface area contributed by atoms with Gasteiger partial charge in [-0.1, -0.05) is 0 Å². The molecule has 0 saturated heterocycles. The van der Waals surface area contributed by atoms with E-state index in [0.717, 1.165) is 11.3 Å². The molecule has 0 aliphatic rings. The lowest BCUT2D eigenvalue weighted by Gasteiger charge is -1.92. The van der Waals surface area contributed by atoms with Crippen molar-refractivity contribution in [2.45, 2.75) is 13.8 Å². The molecule has 0 aromatic carbocycles. The SMILES string of the molecule is CC(=O)Nc1cn2cc(C)ncc2n1. The quantitative estimate of drug-likeness (QED) is 0.729. The van der Waals surface area contributed by atoms with Gasteiger partial charge in [0.15, 0.2) is 11.5 Å². The predicted octanol–water partition coefficient (Wildman–Crippen LogP) is 0.996. The highest BCUT2D eigenvalue weighted by Gasteiger charge is 2.02. The average molecular weight is 190 g/mol. The van der Waals surface area contributed by atoms with Crippen LogP contribution in [0.15, 0.2) is 18.6 Å². The maximum atomic E-state index is 10.8. The van der Waals surface area contributed by atoms with E-state index < -0.39 is 0 Å². The highest BCUT2D eigenvalue weighted by molar-refractivity contribution is 5.87. The molecule has 1 N–H and O–H groups in total. The van der Waals surface area contributed by atoms with Gasteiger partial charge in [0, 0.05) is 13.1 Å². The summed E-state index contributed by atoms with van der Waals surface area (Å²) in [6, 6.07) is 0. The van der Waals surface area contributed by atoms with Crippen molar-refractivity contribution in [1.29, 1.82) is 0 Å². The number of carbonyl (C=O) groups excluding carboxylic acids is 1. The Bertz CT molecular complexity index is 489. The summed E-state index contributed by atoms with van der Waals surface area (Å²) in [5.74, 6) is 0.419. The number of amides is 1. The summed E-state index contributed by atoms with van der Waals surface area (Å²) in [6.45, 7) is 3.35. The number of nitrogens with one attached hydrogen (secondary N) is 1. The van der Waals surface area contributed by atoms with Crippen molar-refractivity contribution in [2.24, 2.45) is 0 Å². The van der Waals surface area contributed by atoms with Crippen LogP contribution in [0.3, 0.4) is 0 Å². The summed E-state index contributed by atoms with van der Waals surface area (Å²) in [6.07, 6.45) is 5.28. The van der Waals surface area contributed by atoms with E-state index in [1.807, 2.05) is 17.5 Å². The summed E-state index contributed by atoms with van der Waals surface area (Å²) in [7, 11) is 0. The molecule has 0 aliphatic heterocycles. The number of rotatable bonds is 1. The molecule has 0 radical (unpaired) electrons. The zero-order valence-electron chi connectivity index (χ0n) is 7.98. The molecular formula is C9H10N4O. The van der Waals surface area contributed by atoms with E-state index in [1.54, 1.807) is 12.4 Å². The number of aromatic nitrogens is 3. The van der Waals surface area contributed by atoms with Crippen molar-refractivity contribution in [2.75, 3.05) is 5.32 Å². The summed E-state index contributed by atoms with van der Waals surface area (Å²) >= 11 is 0. The molecule has 0 spiro atoms. The lowest BCUT2D eigenvalue weighted by atomic mass is 10.5. The van der Waals surface area contributed by atoms with E-state index in [-0.39, 0.29) is 5.91 Å². The lowest BCUT2D eigenvalue weighted by Crippen LogP contribution is -2.05. The summed E-state index contributed by atoms with van der Waals surface area (Å²) in [4.78, 5) is 19.0. The first-order valence-corrected chi connectivity index (χ1v) is 4.24. The van der Waals surface area contributed by atoms with Crippen LogP contribution in [-0.2, 0) is 4.79 Å². The molecule has 5 heteroatoms. The maximum Gasteiger partial charge on any atom is 0.222 e. The zero-order chi connectivity index (χ0) is 10.1. The van der Waals surface area contributed by atoms with Crippen LogP contribution in [-0.4, -0.2) is 20.3 Å². The van der Waals surface area contributed by atoms with Gasteiger partial charge in [-0.05, 0) is 6.92 Å². The Morgan fingerprint density at radius 3 is 3.00 bits per heavy atom. The van der Waals surface area contributed by atoms with Crippen molar-refractivity contribution in [3.05, 3.63) is 24.3 Å². The number of hydrogen-bond acceptors (Lipinski definition) is 3. The van der Waals surface area contributed by atoms with Gasteiger partial charge in [0.2, 0.25) is 5.91 Å². The fourth-order valence-corrected chi connectivity index (χ4v) is 1.24. The lowest BCUT2D eigenvalue weighted by molar-refractivity contribution is -0.114. The fourth-order valence-electron chi connectivity index (χ4n) is 1.24. The van der Waals surface area contributed by atoms with E-state index in [0.29, 0.717) is 5.82 Å². The van der Waals surface area contributed by atoms with E-state index in [9.17, 15) is 4.79 Å². The van der Waals surface area contributed by atoms with Crippen LogP contribution < -0.4 is 5.32 Å². The summed E-state index contributed by atoms with van der Waals surface area (Å²) in [5.41, 5.74) is 1.63. The molecule has 0 unspecified atom stereocenters. The Labute approximate surface area is 80.8 Å². The summed E-state index contributed by atoms with van der Waals surface area (Å²) in [5, 5.41) is 2.62. The smallest absolute Gasteiger partial charge is 0.222 e. The molecule has 2 aromatic rings. The number of carbonyl (C=O) groups is 1. The van der Waals surface area contributed by atoms with Crippen LogP contribution in [0.5, 0.6) is 0 Å². The second kappa shape index (κ2) is 3.10. The Hall–Kier alpha value is -1.91. The molecule has 2 rings (SSSR count). The average Bonchev–Trinajstić information content (AvgIpc) is 2.44. The molecule has 72 valence electrons. The van der Waals surface area contributed by atoms with Gasteiger partial charge in [-0.2, -0.15) is 0 Å². The van der Waals surface area contributed by atoms with Crippen molar-refractivity contribution in [3.8, 4) is 0 Å². The van der Waals surface area contributed by atoms with Crippen LogP contribution in [0.4, 0.5) is 5.82 Å².